The van der Waals surface area contributed by atoms with E-state index in [1.54, 1.807) is 0 Å². The number of nitrogens with one attached hydrogen (secondary N) is 2. The molecule has 1 aromatic heterocycles. The van der Waals surface area contributed by atoms with Crippen LogP contribution in [0.4, 0.5) is 28.8 Å². The average Bonchev–Trinajstić information content (AvgIpc) is 2.84. The molecule has 0 fully saturated rings. The van der Waals surface area contributed by atoms with E-state index in [9.17, 15) is 18.0 Å². The van der Waals surface area contributed by atoms with E-state index < -0.39 is 23.5 Å². The number of hydrogen-bond acceptors (Lipinski definition) is 3. The molecule has 0 radical (unpaired) electrons. The van der Waals surface area contributed by atoms with E-state index >= 15 is 0 Å². The lowest BCUT2D eigenvalue weighted by atomic mass is 10.3. The van der Waals surface area contributed by atoms with Gasteiger partial charge in [-0.25, -0.2) is 22.9 Å². The number of thiazole rings is 1. The number of anilines is 2. The fourth-order valence-corrected chi connectivity index (χ4v) is 2.70. The van der Waals surface area contributed by atoms with Crippen LogP contribution in [0.3, 0.4) is 0 Å². The first-order valence-electron chi connectivity index (χ1n) is 6.10. The lowest BCUT2D eigenvalue weighted by Crippen LogP contribution is -2.19. The van der Waals surface area contributed by atoms with Crippen molar-refractivity contribution in [1.29, 1.82) is 0 Å². The van der Waals surface area contributed by atoms with Gasteiger partial charge in [-0.05, 0) is 30.3 Å². The Hall–Kier alpha value is -2.61. The highest BCUT2D eigenvalue weighted by molar-refractivity contribution is 7.22. The van der Waals surface area contributed by atoms with Gasteiger partial charge in [0.1, 0.15) is 17.2 Å². The third-order valence-corrected chi connectivity index (χ3v) is 3.65. The number of nitrogens with zero attached hydrogens (tertiary/aromatic N) is 1. The molecule has 0 aliphatic heterocycles. The predicted octanol–water partition coefficient (Wildman–Crippen LogP) is 4.36. The topological polar surface area (TPSA) is 54.0 Å². The van der Waals surface area contributed by atoms with Crippen molar-refractivity contribution in [1.82, 2.24) is 4.98 Å². The molecule has 112 valence electrons. The summed E-state index contributed by atoms with van der Waals surface area (Å²) in [5, 5.41) is 5.01. The van der Waals surface area contributed by atoms with E-state index in [0.29, 0.717) is 5.69 Å². The van der Waals surface area contributed by atoms with Gasteiger partial charge in [0.05, 0.1) is 4.70 Å². The summed E-state index contributed by atoms with van der Waals surface area (Å²) in [6.07, 6.45) is 0. The first-order valence-corrected chi connectivity index (χ1v) is 6.92. The van der Waals surface area contributed by atoms with Crippen LogP contribution >= 0.6 is 11.3 Å². The fraction of sp³-hybridized carbons (Fsp3) is 0. The van der Waals surface area contributed by atoms with Gasteiger partial charge < -0.3 is 5.32 Å². The van der Waals surface area contributed by atoms with Crippen molar-refractivity contribution >= 4 is 38.4 Å². The molecule has 0 spiro atoms. The van der Waals surface area contributed by atoms with Crippen molar-refractivity contribution in [3.05, 3.63) is 53.8 Å². The molecule has 2 N–H and O–H groups in total. The Morgan fingerprint density at radius 2 is 1.73 bits per heavy atom. The lowest BCUT2D eigenvalue weighted by molar-refractivity contribution is 0.262. The number of benzene rings is 2. The van der Waals surface area contributed by atoms with E-state index in [4.69, 9.17) is 0 Å². The molecule has 0 aliphatic rings. The number of halogens is 3. The van der Waals surface area contributed by atoms with Crippen molar-refractivity contribution in [2.45, 2.75) is 0 Å². The third kappa shape index (κ3) is 3.01. The van der Waals surface area contributed by atoms with Crippen LogP contribution in [0.25, 0.3) is 10.2 Å². The van der Waals surface area contributed by atoms with E-state index in [-0.39, 0.29) is 15.3 Å². The van der Waals surface area contributed by atoms with Crippen LogP contribution in [0.5, 0.6) is 0 Å². The first kappa shape index (κ1) is 14.3. The van der Waals surface area contributed by atoms with Crippen LogP contribution in [0.15, 0.2) is 36.4 Å². The quantitative estimate of drug-likeness (QED) is 0.736. The van der Waals surface area contributed by atoms with Gasteiger partial charge in [0.15, 0.2) is 10.9 Å². The maximum absolute atomic E-state index is 13.5. The second-order valence-corrected chi connectivity index (χ2v) is 5.37. The number of fused-ring (bicyclic) bond motifs is 1. The average molecular weight is 323 g/mol. The Bertz CT molecular complexity index is 848. The zero-order valence-electron chi connectivity index (χ0n) is 10.9. The van der Waals surface area contributed by atoms with Crippen LogP contribution in [0, 0.1) is 17.5 Å². The Kier molecular flexibility index (Phi) is 3.68. The summed E-state index contributed by atoms with van der Waals surface area (Å²) in [4.78, 5) is 15.7. The fourth-order valence-electron chi connectivity index (χ4n) is 1.80. The summed E-state index contributed by atoms with van der Waals surface area (Å²) in [7, 11) is 0. The van der Waals surface area contributed by atoms with E-state index in [1.807, 2.05) is 0 Å². The summed E-state index contributed by atoms with van der Waals surface area (Å²) < 4.78 is 39.7. The highest BCUT2D eigenvalue weighted by atomic mass is 32.1. The Morgan fingerprint density at radius 3 is 2.45 bits per heavy atom. The summed E-state index contributed by atoms with van der Waals surface area (Å²) in [6, 6.07) is 6.43. The lowest BCUT2D eigenvalue weighted by Gasteiger charge is -2.04. The molecule has 2 amide bonds. The van der Waals surface area contributed by atoms with Gasteiger partial charge in [-0.1, -0.05) is 11.3 Å². The Balaban J connectivity index is 1.76. The van der Waals surface area contributed by atoms with Gasteiger partial charge in [0.2, 0.25) is 0 Å². The van der Waals surface area contributed by atoms with Gasteiger partial charge >= 0.3 is 6.03 Å². The molecule has 3 rings (SSSR count). The molecular weight excluding hydrogens is 315 g/mol. The smallest absolute Gasteiger partial charge is 0.308 e. The maximum atomic E-state index is 13.5. The number of hydrogen-bond donors (Lipinski definition) is 2. The number of carbonyl (C=O) groups excluding carboxylic acids is 1. The molecule has 2 aromatic carbocycles. The molecule has 0 aliphatic carbocycles. The number of aromatic nitrogens is 1. The van der Waals surface area contributed by atoms with Gasteiger partial charge in [-0.2, -0.15) is 0 Å². The van der Waals surface area contributed by atoms with Gasteiger partial charge in [-0.3, -0.25) is 5.32 Å². The van der Waals surface area contributed by atoms with E-state index in [1.165, 1.54) is 24.3 Å². The molecule has 8 heteroatoms. The highest BCUT2D eigenvalue weighted by Gasteiger charge is 2.12. The number of carbonyl (C=O) groups is 1. The minimum Gasteiger partial charge on any atom is -0.308 e. The monoisotopic (exact) mass is 323 g/mol. The van der Waals surface area contributed by atoms with Gasteiger partial charge in [-0.15, -0.1) is 0 Å². The molecular formula is C14H8F3N3OS. The minimum atomic E-state index is -0.793. The number of urea groups is 1. The SMILES string of the molecule is O=C(Nc1ccc(F)cc1)Nc1nc2c(F)cc(F)cc2s1. The minimum absolute atomic E-state index is 0.0107. The summed E-state index contributed by atoms with van der Waals surface area (Å²) in [6.45, 7) is 0. The first-order chi connectivity index (χ1) is 10.5. The summed E-state index contributed by atoms with van der Waals surface area (Å²) >= 11 is 0.944. The van der Waals surface area contributed by atoms with Crippen molar-refractivity contribution in [2.75, 3.05) is 10.6 Å². The summed E-state index contributed by atoms with van der Waals surface area (Å²) in [5.74, 6) is -1.93. The largest absolute Gasteiger partial charge is 0.325 e. The van der Waals surface area contributed by atoms with Crippen LogP contribution in [0.1, 0.15) is 0 Å². The second kappa shape index (κ2) is 5.64. The van der Waals surface area contributed by atoms with Gasteiger partial charge in [0, 0.05) is 11.8 Å². The Labute approximate surface area is 126 Å². The Morgan fingerprint density at radius 1 is 1.00 bits per heavy atom. The normalized spacial score (nSPS) is 10.7. The molecule has 3 aromatic rings. The standard InChI is InChI=1S/C14H8F3N3OS/c15-7-1-3-9(4-2-7)18-13(21)20-14-19-12-10(17)5-8(16)6-11(12)22-14/h1-6H,(H2,18,19,20,21). The number of rotatable bonds is 2. The van der Waals surface area contributed by atoms with Crippen LogP contribution in [-0.4, -0.2) is 11.0 Å². The van der Waals surface area contributed by atoms with Crippen molar-refractivity contribution in [2.24, 2.45) is 0 Å². The van der Waals surface area contributed by atoms with Crippen LogP contribution in [-0.2, 0) is 0 Å². The second-order valence-electron chi connectivity index (χ2n) is 4.34. The molecule has 0 saturated heterocycles. The van der Waals surface area contributed by atoms with Crippen LogP contribution < -0.4 is 10.6 Å². The molecule has 0 bridgehead atoms. The third-order valence-electron chi connectivity index (χ3n) is 2.74. The van der Waals surface area contributed by atoms with Crippen molar-refractivity contribution in [3.8, 4) is 0 Å². The molecule has 1 heterocycles. The van der Waals surface area contributed by atoms with Crippen molar-refractivity contribution in [3.63, 3.8) is 0 Å². The molecule has 4 nitrogen and oxygen atoms in total. The van der Waals surface area contributed by atoms with Crippen molar-refractivity contribution < 1.29 is 18.0 Å². The van der Waals surface area contributed by atoms with E-state index in [0.717, 1.165) is 23.5 Å². The molecule has 0 saturated carbocycles. The predicted molar refractivity (Wildman–Crippen MR) is 78.6 cm³/mol. The summed E-state index contributed by atoms with van der Waals surface area (Å²) in [5.41, 5.74) is 0.376. The molecule has 0 atom stereocenters. The maximum Gasteiger partial charge on any atom is 0.325 e. The van der Waals surface area contributed by atoms with Crippen LogP contribution in [0.2, 0.25) is 0 Å². The van der Waals surface area contributed by atoms with E-state index in [2.05, 4.69) is 15.6 Å². The zero-order valence-corrected chi connectivity index (χ0v) is 11.7. The molecule has 0 unspecified atom stereocenters. The zero-order chi connectivity index (χ0) is 15.7. The highest BCUT2D eigenvalue weighted by Crippen LogP contribution is 2.28. The number of amides is 2. The molecule has 22 heavy (non-hydrogen) atoms. The van der Waals surface area contributed by atoms with Gasteiger partial charge in [0.25, 0.3) is 0 Å².